The molecule has 0 aliphatic rings. The van der Waals surface area contributed by atoms with Gasteiger partial charge in [0.05, 0.1) is 36.4 Å². The topological polar surface area (TPSA) is 134 Å². The van der Waals surface area contributed by atoms with Crippen LogP contribution in [0, 0.1) is 12.3 Å². The van der Waals surface area contributed by atoms with Gasteiger partial charge >= 0.3 is 12.3 Å². The molecule has 0 unspecified atom stereocenters. The van der Waals surface area contributed by atoms with Crippen LogP contribution in [-0.4, -0.2) is 55.1 Å². The summed E-state index contributed by atoms with van der Waals surface area (Å²) >= 11 is 0. The number of aromatic nitrogens is 4. The first-order valence-corrected chi connectivity index (χ1v) is 13.3. The van der Waals surface area contributed by atoms with Gasteiger partial charge < -0.3 is 25.0 Å². The maximum Gasteiger partial charge on any atom is 0.416 e. The lowest BCUT2D eigenvalue weighted by atomic mass is 9.89. The number of aliphatic hydroxyl groups excluding tert-OH is 1. The van der Waals surface area contributed by atoms with Gasteiger partial charge in [0.1, 0.15) is 11.9 Å². The van der Waals surface area contributed by atoms with Crippen molar-refractivity contribution in [3.05, 3.63) is 54.1 Å². The van der Waals surface area contributed by atoms with E-state index in [2.05, 4.69) is 25.8 Å². The summed E-state index contributed by atoms with van der Waals surface area (Å²) in [6.07, 6.45) is -1.24. The van der Waals surface area contributed by atoms with Crippen LogP contribution in [0.3, 0.4) is 0 Å². The van der Waals surface area contributed by atoms with Crippen LogP contribution in [0.25, 0.3) is 11.3 Å². The highest BCUT2D eigenvalue weighted by Gasteiger charge is 2.33. The fourth-order valence-electron chi connectivity index (χ4n) is 4.15. The van der Waals surface area contributed by atoms with Crippen LogP contribution in [-0.2, 0) is 22.3 Å². The number of alkyl halides is 3. The van der Waals surface area contributed by atoms with E-state index in [-0.39, 0.29) is 6.54 Å². The molecule has 2 amide bonds. The van der Waals surface area contributed by atoms with E-state index in [0.717, 1.165) is 18.6 Å². The second-order valence-electron chi connectivity index (χ2n) is 11.1. The molecular formula is C28H37F3N6O4. The normalized spacial score (nSPS) is 14.3. The zero-order valence-corrected chi connectivity index (χ0v) is 23.7. The fraction of sp³-hybridized carbons (Fsp3) is 0.500. The number of alkyl carbamates (subject to hydrolysis) is 1. The number of imidazole rings is 1. The third kappa shape index (κ3) is 9.07. The summed E-state index contributed by atoms with van der Waals surface area (Å²) in [5, 5.41) is 22.1. The summed E-state index contributed by atoms with van der Waals surface area (Å²) < 4.78 is 47.3. The van der Waals surface area contributed by atoms with E-state index in [4.69, 9.17) is 4.74 Å². The second-order valence-corrected chi connectivity index (χ2v) is 11.1. The van der Waals surface area contributed by atoms with E-state index in [0.29, 0.717) is 35.5 Å². The number of hydrogen-bond acceptors (Lipinski definition) is 6. The van der Waals surface area contributed by atoms with Crippen LogP contribution in [0.4, 0.5) is 23.8 Å². The number of ether oxygens (including phenoxy) is 1. The van der Waals surface area contributed by atoms with Crippen LogP contribution in [0.1, 0.15) is 58.1 Å². The molecule has 2 heterocycles. The lowest BCUT2D eigenvalue weighted by Crippen LogP contribution is -2.50. The minimum atomic E-state index is -4.48. The third-order valence-electron chi connectivity index (χ3n) is 6.51. The van der Waals surface area contributed by atoms with Crippen molar-refractivity contribution in [2.24, 2.45) is 5.41 Å². The Morgan fingerprint density at radius 2 is 1.93 bits per heavy atom. The minimum absolute atomic E-state index is 0.171. The van der Waals surface area contributed by atoms with Gasteiger partial charge in [-0.25, -0.2) is 9.78 Å². The zero-order chi connectivity index (χ0) is 30.4. The quantitative estimate of drug-likeness (QED) is 0.244. The summed E-state index contributed by atoms with van der Waals surface area (Å²) in [6.45, 7) is 9.33. The van der Waals surface area contributed by atoms with Crippen LogP contribution in [0.2, 0.25) is 0 Å². The maximum atomic E-state index is 13.3. The Morgan fingerprint density at radius 3 is 2.54 bits per heavy atom. The standard InChI is InChI=1S/C28H37F3N6O4/c1-6-7-8-20(24(38)25(39)35-23-9-10-33-36-23)34-26(40)41-22(27(3,4)5)15-37-14-21(32-16-37)18-11-17(2)12-19(13-18)28(29,30)31/h9-14,16,20,22,24,38H,6-8,15H2,1-5H3,(H,34,40)(H2,33,35,36,39)/t20-,22+,24-/m0/s1. The molecule has 0 aliphatic heterocycles. The SMILES string of the molecule is CCCC[C@H](NC(=O)O[C@H](Cn1cnc(-c2cc(C)cc(C(F)(F)F)c2)c1)C(C)(C)C)[C@H](O)C(=O)Nc1ccn[nH]1. The molecule has 13 heteroatoms. The van der Waals surface area contributed by atoms with E-state index in [1.807, 2.05) is 27.7 Å². The molecule has 4 N–H and O–H groups in total. The van der Waals surface area contributed by atoms with Gasteiger partial charge in [-0.2, -0.15) is 18.3 Å². The molecular weight excluding hydrogens is 541 g/mol. The van der Waals surface area contributed by atoms with Crippen LogP contribution in [0.5, 0.6) is 0 Å². The molecule has 0 spiro atoms. The molecule has 3 atom stereocenters. The predicted octanol–water partition coefficient (Wildman–Crippen LogP) is 5.30. The number of rotatable bonds is 11. The summed E-state index contributed by atoms with van der Waals surface area (Å²) in [6, 6.07) is 4.37. The Hall–Kier alpha value is -3.87. The van der Waals surface area contributed by atoms with E-state index in [1.54, 1.807) is 23.8 Å². The number of aryl methyl sites for hydroxylation is 1. The molecule has 0 fully saturated rings. The largest absolute Gasteiger partial charge is 0.444 e. The molecule has 0 aliphatic carbocycles. The molecule has 0 saturated heterocycles. The highest BCUT2D eigenvalue weighted by atomic mass is 19.4. The molecule has 2 aromatic heterocycles. The highest BCUT2D eigenvalue weighted by molar-refractivity contribution is 5.94. The monoisotopic (exact) mass is 578 g/mol. The number of benzene rings is 1. The lowest BCUT2D eigenvalue weighted by molar-refractivity contribution is -0.137. The van der Waals surface area contributed by atoms with Gasteiger partial charge in [-0.05, 0) is 37.1 Å². The van der Waals surface area contributed by atoms with Gasteiger partial charge in [0.2, 0.25) is 0 Å². The third-order valence-corrected chi connectivity index (χ3v) is 6.51. The number of carbonyl (C=O) groups excluding carboxylic acids is 2. The fourth-order valence-corrected chi connectivity index (χ4v) is 4.15. The molecule has 0 radical (unpaired) electrons. The van der Waals surface area contributed by atoms with E-state index in [9.17, 15) is 27.9 Å². The van der Waals surface area contributed by atoms with Crippen molar-refractivity contribution in [1.29, 1.82) is 0 Å². The Labute approximate surface area is 236 Å². The van der Waals surface area contributed by atoms with Gasteiger partial charge in [-0.3, -0.25) is 9.89 Å². The van der Waals surface area contributed by atoms with Crippen LogP contribution in [0.15, 0.2) is 43.0 Å². The van der Waals surface area contributed by atoms with Crippen molar-refractivity contribution in [1.82, 2.24) is 25.1 Å². The number of unbranched alkanes of at least 4 members (excludes halogenated alkanes) is 1. The number of nitrogens with zero attached hydrogens (tertiary/aromatic N) is 3. The number of anilines is 1. The Morgan fingerprint density at radius 1 is 1.20 bits per heavy atom. The number of aliphatic hydroxyl groups is 1. The number of halogens is 3. The number of aromatic amines is 1. The molecule has 224 valence electrons. The molecule has 41 heavy (non-hydrogen) atoms. The highest BCUT2D eigenvalue weighted by Crippen LogP contribution is 2.33. The van der Waals surface area contributed by atoms with Gasteiger partial charge in [-0.15, -0.1) is 0 Å². The number of carbonyl (C=O) groups is 2. The molecule has 3 rings (SSSR count). The summed E-state index contributed by atoms with van der Waals surface area (Å²) in [5.74, 6) is -0.405. The van der Waals surface area contributed by atoms with Gasteiger partial charge in [0, 0.05) is 23.2 Å². The van der Waals surface area contributed by atoms with Crippen molar-refractivity contribution in [2.75, 3.05) is 5.32 Å². The zero-order valence-electron chi connectivity index (χ0n) is 23.7. The van der Waals surface area contributed by atoms with Crippen molar-refractivity contribution in [2.45, 2.75) is 84.9 Å². The number of amides is 2. The van der Waals surface area contributed by atoms with Crippen molar-refractivity contribution in [3.63, 3.8) is 0 Å². The lowest BCUT2D eigenvalue weighted by Gasteiger charge is -2.31. The first kappa shape index (κ1) is 31.7. The minimum Gasteiger partial charge on any atom is -0.444 e. The van der Waals surface area contributed by atoms with Crippen LogP contribution >= 0.6 is 0 Å². The van der Waals surface area contributed by atoms with Crippen molar-refractivity contribution in [3.8, 4) is 11.3 Å². The predicted molar refractivity (Wildman–Crippen MR) is 147 cm³/mol. The van der Waals surface area contributed by atoms with Gasteiger partial charge in [-0.1, -0.05) is 40.5 Å². The van der Waals surface area contributed by atoms with E-state index >= 15 is 0 Å². The van der Waals surface area contributed by atoms with Gasteiger partial charge in [0.15, 0.2) is 6.10 Å². The van der Waals surface area contributed by atoms with Crippen molar-refractivity contribution >= 4 is 17.8 Å². The molecule has 0 saturated carbocycles. The summed E-state index contributed by atoms with van der Waals surface area (Å²) in [5.41, 5.74) is -0.169. The Kier molecular flexibility index (Phi) is 10.2. The molecule has 10 nitrogen and oxygen atoms in total. The number of nitrogens with one attached hydrogen (secondary N) is 3. The molecule has 1 aromatic carbocycles. The van der Waals surface area contributed by atoms with E-state index < -0.39 is 47.4 Å². The van der Waals surface area contributed by atoms with E-state index in [1.165, 1.54) is 18.6 Å². The summed E-state index contributed by atoms with van der Waals surface area (Å²) in [4.78, 5) is 29.8. The van der Waals surface area contributed by atoms with Crippen LogP contribution < -0.4 is 10.6 Å². The molecule has 0 bridgehead atoms. The smallest absolute Gasteiger partial charge is 0.416 e. The first-order valence-electron chi connectivity index (χ1n) is 13.3. The van der Waals surface area contributed by atoms with Crippen molar-refractivity contribution < 1.29 is 32.6 Å². The average Bonchev–Trinajstić information content (AvgIpc) is 3.56. The first-order chi connectivity index (χ1) is 19.2. The maximum absolute atomic E-state index is 13.3. The summed E-state index contributed by atoms with van der Waals surface area (Å²) in [7, 11) is 0. The molecule has 3 aromatic rings. The Bertz CT molecular complexity index is 1300. The number of H-pyrrole nitrogens is 1. The van der Waals surface area contributed by atoms with Gasteiger partial charge in [0.25, 0.3) is 5.91 Å². The number of hydrogen-bond donors (Lipinski definition) is 4. The Balaban J connectivity index is 1.72. The average molecular weight is 579 g/mol. The second kappa shape index (κ2) is 13.2.